The Bertz CT molecular complexity index is 303. The van der Waals surface area contributed by atoms with Gasteiger partial charge in [0.05, 0.1) is 5.54 Å². The fraction of sp³-hybridized carbons (Fsp3) is 0.417. The average molecular weight is 191 g/mol. The van der Waals surface area contributed by atoms with E-state index in [2.05, 4.69) is 0 Å². The Balaban J connectivity index is 2.85. The largest absolute Gasteiger partial charge is 0.319 e. The van der Waals surface area contributed by atoms with Crippen molar-refractivity contribution in [3.8, 4) is 0 Å². The predicted molar refractivity (Wildman–Crippen MR) is 58.3 cm³/mol. The van der Waals surface area contributed by atoms with E-state index in [1.807, 2.05) is 37.3 Å². The van der Waals surface area contributed by atoms with Gasteiger partial charge in [0.2, 0.25) is 0 Å². The molecule has 0 saturated heterocycles. The maximum Gasteiger partial charge on any atom is 0.182 e. The number of hydrogen-bond acceptors (Lipinski definition) is 2. The molecule has 0 bridgehead atoms. The summed E-state index contributed by atoms with van der Waals surface area (Å²) < 4.78 is 0. The zero-order valence-electron chi connectivity index (χ0n) is 8.79. The number of carbonyl (C=O) groups is 1. The molecule has 1 aromatic rings. The van der Waals surface area contributed by atoms with E-state index in [1.54, 1.807) is 6.92 Å². The predicted octanol–water partition coefficient (Wildman–Crippen LogP) is 2.39. The highest BCUT2D eigenvalue weighted by Gasteiger charge is 2.27. The minimum absolute atomic E-state index is 0.0277. The number of rotatable bonds is 4. The van der Waals surface area contributed by atoms with Crippen LogP contribution in [0, 0.1) is 0 Å². The zero-order valence-corrected chi connectivity index (χ0v) is 8.79. The Morgan fingerprint density at radius 1 is 1.36 bits per heavy atom. The van der Waals surface area contributed by atoms with Crippen molar-refractivity contribution in [1.82, 2.24) is 0 Å². The van der Waals surface area contributed by atoms with Crippen molar-refractivity contribution in [2.75, 3.05) is 0 Å². The van der Waals surface area contributed by atoms with Crippen LogP contribution in [-0.4, -0.2) is 11.3 Å². The Kier molecular flexibility index (Phi) is 3.42. The molecule has 2 N–H and O–H groups in total. The Hall–Kier alpha value is -1.15. The summed E-state index contributed by atoms with van der Waals surface area (Å²) in [7, 11) is 0. The molecule has 0 amide bonds. The maximum absolute atomic E-state index is 11.9. The van der Waals surface area contributed by atoms with Crippen molar-refractivity contribution in [3.05, 3.63) is 35.9 Å². The lowest BCUT2D eigenvalue weighted by Gasteiger charge is -2.22. The van der Waals surface area contributed by atoms with E-state index >= 15 is 0 Å². The lowest BCUT2D eigenvalue weighted by molar-refractivity contribution is 0.0893. The lowest BCUT2D eigenvalue weighted by Crippen LogP contribution is -2.44. The molecule has 76 valence electrons. The molecule has 1 aromatic carbocycles. The molecule has 1 unspecified atom stereocenters. The molecule has 0 aromatic heterocycles. The van der Waals surface area contributed by atoms with Gasteiger partial charge in [-0.05, 0) is 13.3 Å². The van der Waals surface area contributed by atoms with Crippen LogP contribution in [0.15, 0.2) is 30.3 Å². The second-order valence-corrected chi connectivity index (χ2v) is 3.86. The highest BCUT2D eigenvalue weighted by atomic mass is 16.1. The molecular formula is C12H17NO. The van der Waals surface area contributed by atoms with Gasteiger partial charge < -0.3 is 5.73 Å². The zero-order chi connectivity index (χ0) is 10.6. The quantitative estimate of drug-likeness (QED) is 0.742. The summed E-state index contributed by atoms with van der Waals surface area (Å²) in [4.78, 5) is 11.9. The first-order chi connectivity index (χ1) is 6.58. The van der Waals surface area contributed by atoms with E-state index in [-0.39, 0.29) is 5.78 Å². The van der Waals surface area contributed by atoms with Gasteiger partial charge in [0.15, 0.2) is 5.78 Å². The van der Waals surface area contributed by atoms with Gasteiger partial charge in [0, 0.05) is 5.56 Å². The average Bonchev–Trinajstić information content (AvgIpc) is 2.18. The van der Waals surface area contributed by atoms with E-state index in [0.29, 0.717) is 5.56 Å². The van der Waals surface area contributed by atoms with Gasteiger partial charge in [-0.15, -0.1) is 0 Å². The molecule has 0 radical (unpaired) electrons. The molecule has 2 heteroatoms. The smallest absolute Gasteiger partial charge is 0.182 e. The summed E-state index contributed by atoms with van der Waals surface area (Å²) in [5.41, 5.74) is 5.93. The summed E-state index contributed by atoms with van der Waals surface area (Å²) in [6, 6.07) is 9.22. The van der Waals surface area contributed by atoms with Crippen molar-refractivity contribution in [2.45, 2.75) is 32.2 Å². The van der Waals surface area contributed by atoms with Crippen molar-refractivity contribution in [2.24, 2.45) is 5.73 Å². The number of hydrogen-bond donors (Lipinski definition) is 1. The van der Waals surface area contributed by atoms with Crippen LogP contribution in [0.4, 0.5) is 0 Å². The van der Waals surface area contributed by atoms with E-state index in [9.17, 15) is 4.79 Å². The summed E-state index contributed by atoms with van der Waals surface area (Å²) in [5, 5.41) is 0. The second-order valence-electron chi connectivity index (χ2n) is 3.86. The highest BCUT2D eigenvalue weighted by Crippen LogP contribution is 2.15. The van der Waals surface area contributed by atoms with Gasteiger partial charge in [-0.1, -0.05) is 43.7 Å². The summed E-state index contributed by atoms with van der Waals surface area (Å²) in [5.74, 6) is 0.0277. The number of carbonyl (C=O) groups excluding carboxylic acids is 1. The van der Waals surface area contributed by atoms with Gasteiger partial charge in [-0.25, -0.2) is 0 Å². The number of benzene rings is 1. The first-order valence-electron chi connectivity index (χ1n) is 4.96. The minimum Gasteiger partial charge on any atom is -0.319 e. The Labute approximate surface area is 85.1 Å². The second kappa shape index (κ2) is 4.38. The number of Topliss-reactive ketones (excluding diaryl/α,β-unsaturated/α-hetero) is 1. The molecule has 0 heterocycles. The van der Waals surface area contributed by atoms with Crippen molar-refractivity contribution >= 4 is 5.78 Å². The molecule has 0 saturated carbocycles. The van der Waals surface area contributed by atoms with Crippen molar-refractivity contribution < 1.29 is 4.79 Å². The summed E-state index contributed by atoms with van der Waals surface area (Å²) in [6.45, 7) is 3.83. The molecule has 0 spiro atoms. The third kappa shape index (κ3) is 2.42. The number of nitrogens with two attached hydrogens (primary N) is 1. The summed E-state index contributed by atoms with van der Waals surface area (Å²) >= 11 is 0. The van der Waals surface area contributed by atoms with Crippen LogP contribution in [0.2, 0.25) is 0 Å². The van der Waals surface area contributed by atoms with E-state index in [0.717, 1.165) is 12.8 Å². The van der Waals surface area contributed by atoms with Crippen LogP contribution in [0.1, 0.15) is 37.0 Å². The van der Waals surface area contributed by atoms with Gasteiger partial charge in [0.1, 0.15) is 0 Å². The van der Waals surface area contributed by atoms with Crippen molar-refractivity contribution in [3.63, 3.8) is 0 Å². The van der Waals surface area contributed by atoms with E-state index < -0.39 is 5.54 Å². The van der Waals surface area contributed by atoms with E-state index in [4.69, 9.17) is 5.73 Å². The monoisotopic (exact) mass is 191 g/mol. The van der Waals surface area contributed by atoms with Gasteiger partial charge >= 0.3 is 0 Å². The topological polar surface area (TPSA) is 43.1 Å². The normalized spacial score (nSPS) is 14.8. The molecule has 0 aliphatic rings. The maximum atomic E-state index is 11.9. The molecule has 0 fully saturated rings. The Morgan fingerprint density at radius 2 is 1.93 bits per heavy atom. The van der Waals surface area contributed by atoms with E-state index in [1.165, 1.54) is 0 Å². The van der Waals surface area contributed by atoms with Crippen LogP contribution >= 0.6 is 0 Å². The van der Waals surface area contributed by atoms with Crippen LogP contribution in [0.3, 0.4) is 0 Å². The molecular weight excluding hydrogens is 174 g/mol. The molecule has 0 aliphatic heterocycles. The van der Waals surface area contributed by atoms with Crippen LogP contribution < -0.4 is 5.73 Å². The molecule has 0 aliphatic carbocycles. The lowest BCUT2D eigenvalue weighted by atomic mass is 9.88. The van der Waals surface area contributed by atoms with Crippen LogP contribution in [0.5, 0.6) is 0 Å². The first-order valence-corrected chi connectivity index (χ1v) is 4.96. The van der Waals surface area contributed by atoms with Crippen LogP contribution in [-0.2, 0) is 0 Å². The van der Waals surface area contributed by atoms with Gasteiger partial charge in [-0.3, -0.25) is 4.79 Å². The third-order valence-corrected chi connectivity index (χ3v) is 2.32. The molecule has 2 nitrogen and oxygen atoms in total. The van der Waals surface area contributed by atoms with Gasteiger partial charge in [-0.2, -0.15) is 0 Å². The minimum atomic E-state index is -0.726. The summed E-state index contributed by atoms with van der Waals surface area (Å²) in [6.07, 6.45) is 1.65. The fourth-order valence-corrected chi connectivity index (χ4v) is 1.55. The van der Waals surface area contributed by atoms with Gasteiger partial charge in [0.25, 0.3) is 0 Å². The molecule has 1 rings (SSSR count). The third-order valence-electron chi connectivity index (χ3n) is 2.32. The SMILES string of the molecule is CCCC(C)(N)C(=O)c1ccccc1. The standard InChI is InChI=1S/C12H17NO/c1-3-9-12(2,13)11(14)10-7-5-4-6-8-10/h4-8H,3,9,13H2,1-2H3. The van der Waals surface area contributed by atoms with Crippen molar-refractivity contribution in [1.29, 1.82) is 0 Å². The highest BCUT2D eigenvalue weighted by molar-refractivity contribution is 6.02. The first kappa shape index (κ1) is 10.9. The molecule has 1 atom stereocenters. The van der Waals surface area contributed by atoms with Crippen LogP contribution in [0.25, 0.3) is 0 Å². The Morgan fingerprint density at radius 3 is 2.43 bits per heavy atom. The fourth-order valence-electron chi connectivity index (χ4n) is 1.55. The molecule has 14 heavy (non-hydrogen) atoms. The number of ketones is 1.